The highest BCUT2D eigenvalue weighted by Crippen LogP contribution is 2.20. The zero-order valence-corrected chi connectivity index (χ0v) is 11.7. The van der Waals surface area contributed by atoms with Gasteiger partial charge in [0.05, 0.1) is 30.4 Å². The standard InChI is InChI=1S/C15H16N2O3/c1-10-12(9-17(2)16-10)14(19)8-13(18)11-6-4-5-7-15(11)20-3/h4-7,9H,8H2,1-3H3. The molecule has 1 heterocycles. The minimum absolute atomic E-state index is 0.188. The molecule has 0 aliphatic heterocycles. The van der Waals surface area contributed by atoms with E-state index in [1.807, 2.05) is 0 Å². The minimum Gasteiger partial charge on any atom is -0.496 e. The molecule has 0 atom stereocenters. The molecule has 0 saturated heterocycles. The SMILES string of the molecule is COc1ccccc1C(=O)CC(=O)c1cn(C)nc1C. The average molecular weight is 272 g/mol. The maximum absolute atomic E-state index is 12.2. The van der Waals surface area contributed by atoms with Crippen LogP contribution in [0, 0.1) is 6.92 Å². The van der Waals surface area contributed by atoms with E-state index in [0.717, 1.165) is 0 Å². The molecular formula is C15H16N2O3. The molecule has 2 rings (SSSR count). The highest BCUT2D eigenvalue weighted by molar-refractivity contribution is 6.14. The quantitative estimate of drug-likeness (QED) is 0.618. The van der Waals surface area contributed by atoms with Gasteiger partial charge in [-0.05, 0) is 19.1 Å². The number of nitrogens with zero attached hydrogens (tertiary/aromatic N) is 2. The summed E-state index contributed by atoms with van der Waals surface area (Å²) in [5.41, 5.74) is 1.53. The third-order valence-corrected chi connectivity index (χ3v) is 3.04. The van der Waals surface area contributed by atoms with Crippen LogP contribution in [-0.2, 0) is 7.05 Å². The summed E-state index contributed by atoms with van der Waals surface area (Å²) in [7, 11) is 3.24. The van der Waals surface area contributed by atoms with E-state index in [2.05, 4.69) is 5.10 Å². The molecule has 0 unspecified atom stereocenters. The fourth-order valence-electron chi connectivity index (χ4n) is 2.08. The Morgan fingerprint density at radius 2 is 1.85 bits per heavy atom. The molecule has 5 heteroatoms. The summed E-state index contributed by atoms with van der Waals surface area (Å²) in [5, 5.41) is 4.11. The molecule has 0 aliphatic carbocycles. The molecular weight excluding hydrogens is 256 g/mol. The van der Waals surface area contributed by atoms with Crippen LogP contribution in [-0.4, -0.2) is 28.5 Å². The average Bonchev–Trinajstić information content (AvgIpc) is 2.77. The monoisotopic (exact) mass is 272 g/mol. The molecule has 0 N–H and O–H groups in total. The summed E-state index contributed by atoms with van der Waals surface area (Å²) in [6.45, 7) is 1.75. The van der Waals surface area contributed by atoms with Crippen LogP contribution in [0.15, 0.2) is 30.5 Å². The van der Waals surface area contributed by atoms with E-state index in [4.69, 9.17) is 4.74 Å². The number of aromatic nitrogens is 2. The first-order valence-corrected chi connectivity index (χ1v) is 6.22. The lowest BCUT2D eigenvalue weighted by atomic mass is 10.0. The number of Topliss-reactive ketones (excluding diaryl/α,β-unsaturated/α-hetero) is 2. The Morgan fingerprint density at radius 1 is 1.20 bits per heavy atom. The van der Waals surface area contributed by atoms with Gasteiger partial charge >= 0.3 is 0 Å². The first kappa shape index (κ1) is 14.0. The van der Waals surface area contributed by atoms with E-state index in [1.54, 1.807) is 49.1 Å². The van der Waals surface area contributed by atoms with Crippen molar-refractivity contribution in [2.24, 2.45) is 7.05 Å². The Kier molecular flexibility index (Phi) is 3.98. The molecule has 5 nitrogen and oxygen atoms in total. The molecule has 0 bridgehead atoms. The van der Waals surface area contributed by atoms with Crippen molar-refractivity contribution in [1.82, 2.24) is 9.78 Å². The normalized spacial score (nSPS) is 10.3. The summed E-state index contributed by atoms with van der Waals surface area (Å²) in [4.78, 5) is 24.3. The number of aryl methyl sites for hydroxylation is 2. The number of ketones is 2. The summed E-state index contributed by atoms with van der Waals surface area (Å²) < 4.78 is 6.70. The van der Waals surface area contributed by atoms with Gasteiger partial charge < -0.3 is 4.74 Å². The zero-order chi connectivity index (χ0) is 14.7. The lowest BCUT2D eigenvalue weighted by molar-refractivity contribution is 0.0892. The summed E-state index contributed by atoms with van der Waals surface area (Å²) >= 11 is 0. The van der Waals surface area contributed by atoms with Crippen molar-refractivity contribution in [3.8, 4) is 5.75 Å². The van der Waals surface area contributed by atoms with Crippen LogP contribution in [0.1, 0.15) is 32.8 Å². The van der Waals surface area contributed by atoms with Crippen molar-refractivity contribution >= 4 is 11.6 Å². The lowest BCUT2D eigenvalue weighted by Gasteiger charge is -2.06. The van der Waals surface area contributed by atoms with Crippen LogP contribution >= 0.6 is 0 Å². The number of carbonyl (C=O) groups excluding carboxylic acids is 2. The first-order chi connectivity index (χ1) is 9.52. The Morgan fingerprint density at radius 3 is 2.45 bits per heavy atom. The highest BCUT2D eigenvalue weighted by atomic mass is 16.5. The van der Waals surface area contributed by atoms with E-state index in [9.17, 15) is 9.59 Å². The summed E-state index contributed by atoms with van der Waals surface area (Å²) in [6, 6.07) is 6.88. The van der Waals surface area contributed by atoms with E-state index in [0.29, 0.717) is 22.6 Å². The predicted molar refractivity (Wildman–Crippen MR) is 74.2 cm³/mol. The predicted octanol–water partition coefficient (Wildman–Crippen LogP) is 2.19. The molecule has 0 fully saturated rings. The lowest BCUT2D eigenvalue weighted by Crippen LogP contribution is -2.10. The van der Waals surface area contributed by atoms with Crippen molar-refractivity contribution in [3.63, 3.8) is 0 Å². The molecule has 104 valence electrons. The van der Waals surface area contributed by atoms with E-state index < -0.39 is 0 Å². The Balaban J connectivity index is 2.19. The smallest absolute Gasteiger partial charge is 0.174 e. The molecule has 0 saturated carbocycles. The van der Waals surface area contributed by atoms with Gasteiger partial charge in [-0.15, -0.1) is 0 Å². The molecule has 0 spiro atoms. The van der Waals surface area contributed by atoms with Crippen LogP contribution in [0.2, 0.25) is 0 Å². The second kappa shape index (κ2) is 5.69. The van der Waals surface area contributed by atoms with Gasteiger partial charge in [-0.25, -0.2) is 0 Å². The number of hydrogen-bond donors (Lipinski definition) is 0. The second-order valence-corrected chi connectivity index (χ2v) is 4.53. The maximum atomic E-state index is 12.2. The molecule has 2 aromatic rings. The van der Waals surface area contributed by atoms with Gasteiger partial charge in [-0.3, -0.25) is 14.3 Å². The maximum Gasteiger partial charge on any atom is 0.174 e. The van der Waals surface area contributed by atoms with Gasteiger partial charge in [-0.1, -0.05) is 12.1 Å². The van der Waals surface area contributed by atoms with Crippen molar-refractivity contribution in [2.75, 3.05) is 7.11 Å². The number of ether oxygens (including phenoxy) is 1. The van der Waals surface area contributed by atoms with Crippen LogP contribution in [0.25, 0.3) is 0 Å². The highest BCUT2D eigenvalue weighted by Gasteiger charge is 2.19. The third-order valence-electron chi connectivity index (χ3n) is 3.04. The van der Waals surface area contributed by atoms with Crippen LogP contribution in [0.5, 0.6) is 5.75 Å². The molecule has 0 radical (unpaired) electrons. The van der Waals surface area contributed by atoms with Gasteiger partial charge in [0, 0.05) is 13.2 Å². The van der Waals surface area contributed by atoms with Crippen LogP contribution < -0.4 is 4.74 Å². The Labute approximate surface area is 117 Å². The van der Waals surface area contributed by atoms with Crippen molar-refractivity contribution < 1.29 is 14.3 Å². The second-order valence-electron chi connectivity index (χ2n) is 4.53. The molecule has 0 amide bonds. The number of para-hydroxylation sites is 1. The number of rotatable bonds is 5. The van der Waals surface area contributed by atoms with Crippen molar-refractivity contribution in [3.05, 3.63) is 47.3 Å². The molecule has 1 aromatic carbocycles. The van der Waals surface area contributed by atoms with Gasteiger partial charge in [-0.2, -0.15) is 5.10 Å². The van der Waals surface area contributed by atoms with Crippen LogP contribution in [0.3, 0.4) is 0 Å². The van der Waals surface area contributed by atoms with Crippen molar-refractivity contribution in [2.45, 2.75) is 13.3 Å². The topological polar surface area (TPSA) is 61.2 Å². The minimum atomic E-state index is -0.254. The van der Waals surface area contributed by atoms with Gasteiger partial charge in [0.15, 0.2) is 11.6 Å². The fraction of sp³-hybridized carbons (Fsp3) is 0.267. The van der Waals surface area contributed by atoms with E-state index >= 15 is 0 Å². The Bertz CT molecular complexity index is 659. The zero-order valence-electron chi connectivity index (χ0n) is 11.7. The first-order valence-electron chi connectivity index (χ1n) is 6.22. The Hall–Kier alpha value is -2.43. The summed E-state index contributed by atoms with van der Waals surface area (Å²) in [5.74, 6) is -0.00424. The number of carbonyl (C=O) groups is 2. The van der Waals surface area contributed by atoms with Crippen LogP contribution in [0.4, 0.5) is 0 Å². The number of benzene rings is 1. The van der Waals surface area contributed by atoms with E-state index in [1.165, 1.54) is 7.11 Å². The third kappa shape index (κ3) is 2.77. The van der Waals surface area contributed by atoms with Crippen molar-refractivity contribution in [1.29, 1.82) is 0 Å². The molecule has 20 heavy (non-hydrogen) atoms. The van der Waals surface area contributed by atoms with E-state index in [-0.39, 0.29) is 18.0 Å². The number of hydrogen-bond acceptors (Lipinski definition) is 4. The largest absolute Gasteiger partial charge is 0.496 e. The van der Waals surface area contributed by atoms with Gasteiger partial charge in [0.25, 0.3) is 0 Å². The van der Waals surface area contributed by atoms with Gasteiger partial charge in [0.1, 0.15) is 5.75 Å². The summed E-state index contributed by atoms with van der Waals surface area (Å²) in [6.07, 6.45) is 1.44. The molecule has 1 aromatic heterocycles. The molecule has 0 aliphatic rings. The number of methoxy groups -OCH3 is 1. The van der Waals surface area contributed by atoms with Gasteiger partial charge in [0.2, 0.25) is 0 Å². The fourth-order valence-corrected chi connectivity index (χ4v) is 2.08.